The molecule has 7 nitrogen and oxygen atoms in total. The van der Waals surface area contributed by atoms with Gasteiger partial charge in [0.2, 0.25) is 0 Å². The number of amides is 1. The number of rotatable bonds is 2. The molecule has 0 bridgehead atoms. The Balaban J connectivity index is 1.59. The van der Waals surface area contributed by atoms with E-state index in [4.69, 9.17) is 0 Å². The second-order valence-corrected chi connectivity index (χ2v) is 7.92. The molecule has 1 N–H and O–H groups in total. The summed E-state index contributed by atoms with van der Waals surface area (Å²) in [4.78, 5) is 30.2. The average molecular weight is 397 g/mol. The predicted molar refractivity (Wildman–Crippen MR) is 110 cm³/mol. The van der Waals surface area contributed by atoms with Gasteiger partial charge in [0, 0.05) is 12.8 Å². The van der Waals surface area contributed by atoms with Gasteiger partial charge < -0.3 is 4.57 Å². The SMILES string of the molecule is Cc1c(C(=O)NC2=NN=C(c3ccccc3)CS2)sc2ncn(C)c(=O)c12. The summed E-state index contributed by atoms with van der Waals surface area (Å²) in [6, 6.07) is 9.81. The lowest BCUT2D eigenvalue weighted by atomic mass is 10.1. The van der Waals surface area contributed by atoms with Gasteiger partial charge in [-0.05, 0) is 18.1 Å². The molecular formula is C18H15N5O2S2. The van der Waals surface area contributed by atoms with Gasteiger partial charge in [0.25, 0.3) is 11.5 Å². The van der Waals surface area contributed by atoms with E-state index in [2.05, 4.69) is 20.5 Å². The Morgan fingerprint density at radius 1 is 1.22 bits per heavy atom. The van der Waals surface area contributed by atoms with E-state index in [1.165, 1.54) is 34.0 Å². The number of thiophene rings is 1. The van der Waals surface area contributed by atoms with Gasteiger partial charge in [-0.15, -0.1) is 16.4 Å². The van der Waals surface area contributed by atoms with E-state index in [0.29, 0.717) is 31.6 Å². The highest BCUT2D eigenvalue weighted by atomic mass is 32.2. The van der Waals surface area contributed by atoms with Gasteiger partial charge in [-0.3, -0.25) is 14.9 Å². The molecule has 1 amide bonds. The number of nitrogens with zero attached hydrogens (tertiary/aromatic N) is 4. The number of aromatic nitrogens is 2. The molecular weight excluding hydrogens is 382 g/mol. The fourth-order valence-corrected chi connectivity index (χ4v) is 4.51. The molecule has 0 aliphatic carbocycles. The Bertz CT molecular complexity index is 1160. The van der Waals surface area contributed by atoms with Crippen molar-refractivity contribution in [1.29, 1.82) is 0 Å². The van der Waals surface area contributed by atoms with Gasteiger partial charge in [0.15, 0.2) is 5.17 Å². The summed E-state index contributed by atoms with van der Waals surface area (Å²) >= 11 is 2.62. The Hall–Kier alpha value is -2.78. The molecule has 2 aromatic heterocycles. The largest absolute Gasteiger partial charge is 0.302 e. The van der Waals surface area contributed by atoms with Gasteiger partial charge in [-0.25, -0.2) is 4.98 Å². The lowest BCUT2D eigenvalue weighted by Gasteiger charge is -2.12. The zero-order chi connectivity index (χ0) is 19.0. The maximum absolute atomic E-state index is 12.7. The lowest BCUT2D eigenvalue weighted by Crippen LogP contribution is -2.30. The summed E-state index contributed by atoms with van der Waals surface area (Å²) in [5.41, 5.74) is 2.36. The summed E-state index contributed by atoms with van der Waals surface area (Å²) in [6.45, 7) is 1.76. The van der Waals surface area contributed by atoms with Crippen LogP contribution in [0.2, 0.25) is 0 Å². The summed E-state index contributed by atoms with van der Waals surface area (Å²) < 4.78 is 1.41. The zero-order valence-electron chi connectivity index (χ0n) is 14.6. The summed E-state index contributed by atoms with van der Waals surface area (Å²) in [6.07, 6.45) is 1.46. The van der Waals surface area contributed by atoms with Crippen LogP contribution in [0.3, 0.4) is 0 Å². The van der Waals surface area contributed by atoms with Gasteiger partial charge in [-0.1, -0.05) is 42.1 Å². The van der Waals surface area contributed by atoms with Crippen LogP contribution in [0, 0.1) is 6.92 Å². The molecule has 0 atom stereocenters. The highest BCUT2D eigenvalue weighted by Gasteiger charge is 2.21. The van der Waals surface area contributed by atoms with Crippen LogP contribution in [0.15, 0.2) is 51.7 Å². The highest BCUT2D eigenvalue weighted by molar-refractivity contribution is 8.14. The van der Waals surface area contributed by atoms with Crippen LogP contribution in [0.25, 0.3) is 10.2 Å². The molecule has 136 valence electrons. The fourth-order valence-electron chi connectivity index (χ4n) is 2.71. The topological polar surface area (TPSA) is 88.7 Å². The van der Waals surface area contributed by atoms with Gasteiger partial charge in [0.1, 0.15) is 4.83 Å². The Kier molecular flexibility index (Phi) is 4.63. The third-order valence-corrected chi connectivity index (χ3v) is 6.22. The Labute approximate surface area is 162 Å². The van der Waals surface area contributed by atoms with Crippen molar-refractivity contribution in [3.05, 3.63) is 63.0 Å². The second kappa shape index (κ2) is 7.09. The first kappa shape index (κ1) is 17.6. The number of benzene rings is 1. The highest BCUT2D eigenvalue weighted by Crippen LogP contribution is 2.27. The predicted octanol–water partition coefficient (Wildman–Crippen LogP) is 2.54. The molecule has 1 aliphatic rings. The summed E-state index contributed by atoms with van der Waals surface area (Å²) in [5.74, 6) is 0.318. The number of carbonyl (C=O) groups is 1. The molecule has 3 heterocycles. The molecule has 1 aliphatic heterocycles. The quantitative estimate of drug-likeness (QED) is 0.720. The van der Waals surface area contributed by atoms with Crippen LogP contribution < -0.4 is 10.9 Å². The first-order valence-corrected chi connectivity index (χ1v) is 9.93. The third kappa shape index (κ3) is 3.31. The first-order valence-electron chi connectivity index (χ1n) is 8.13. The number of amidine groups is 1. The van der Waals surface area contributed by atoms with Gasteiger partial charge in [0.05, 0.1) is 22.3 Å². The number of fused-ring (bicyclic) bond motifs is 1. The van der Waals surface area contributed by atoms with Crippen molar-refractivity contribution in [3.8, 4) is 0 Å². The van der Waals surface area contributed by atoms with E-state index in [9.17, 15) is 9.59 Å². The molecule has 1 aromatic carbocycles. The van der Waals surface area contributed by atoms with E-state index < -0.39 is 0 Å². The minimum absolute atomic E-state index is 0.158. The minimum Gasteiger partial charge on any atom is -0.302 e. The summed E-state index contributed by atoms with van der Waals surface area (Å²) in [5, 5.41) is 12.1. The molecule has 0 saturated carbocycles. The summed E-state index contributed by atoms with van der Waals surface area (Å²) in [7, 11) is 1.64. The molecule has 0 fully saturated rings. The maximum atomic E-state index is 12.7. The lowest BCUT2D eigenvalue weighted by molar-refractivity contribution is 0.0981. The molecule has 27 heavy (non-hydrogen) atoms. The molecule has 4 rings (SSSR count). The number of hydrogen-bond acceptors (Lipinski definition) is 7. The van der Waals surface area contributed by atoms with Crippen molar-refractivity contribution in [2.24, 2.45) is 17.3 Å². The van der Waals surface area contributed by atoms with Crippen molar-refractivity contribution in [2.75, 3.05) is 5.75 Å². The number of hydrogen-bond donors (Lipinski definition) is 1. The molecule has 0 radical (unpaired) electrons. The standard InChI is InChI=1S/C18H15N5O2S2/c1-10-13-16(19-9-23(2)17(13)25)27-14(10)15(24)20-18-22-21-12(8-26-18)11-6-4-3-5-7-11/h3-7,9H,8H2,1-2H3,(H,20,22,24). The monoisotopic (exact) mass is 397 g/mol. The Morgan fingerprint density at radius 2 is 2.00 bits per heavy atom. The number of aryl methyl sites for hydroxylation is 2. The fraction of sp³-hybridized carbons (Fsp3) is 0.167. The number of carbonyl (C=O) groups excluding carboxylic acids is 1. The van der Waals surface area contributed by atoms with Crippen LogP contribution in [0.1, 0.15) is 20.8 Å². The molecule has 3 aromatic rings. The normalized spacial score (nSPS) is 14.0. The van der Waals surface area contributed by atoms with E-state index in [0.717, 1.165) is 11.3 Å². The van der Waals surface area contributed by atoms with Crippen LogP contribution in [-0.2, 0) is 7.05 Å². The first-order chi connectivity index (χ1) is 13.0. The second-order valence-electron chi connectivity index (χ2n) is 5.96. The molecule has 0 unspecified atom stereocenters. The molecule has 0 spiro atoms. The van der Waals surface area contributed by atoms with Crippen molar-refractivity contribution in [2.45, 2.75) is 6.92 Å². The van der Waals surface area contributed by atoms with Crippen molar-refractivity contribution < 1.29 is 4.79 Å². The van der Waals surface area contributed by atoms with Crippen LogP contribution in [-0.4, -0.2) is 32.1 Å². The van der Waals surface area contributed by atoms with Crippen molar-refractivity contribution >= 4 is 50.1 Å². The van der Waals surface area contributed by atoms with Gasteiger partial charge >= 0.3 is 0 Å². The smallest absolute Gasteiger partial charge is 0.267 e. The van der Waals surface area contributed by atoms with Crippen LogP contribution in [0.5, 0.6) is 0 Å². The molecule has 0 saturated heterocycles. The maximum Gasteiger partial charge on any atom is 0.267 e. The van der Waals surface area contributed by atoms with E-state index in [1.807, 2.05) is 30.3 Å². The van der Waals surface area contributed by atoms with E-state index in [1.54, 1.807) is 14.0 Å². The van der Waals surface area contributed by atoms with Gasteiger partial charge in [-0.2, -0.15) is 5.10 Å². The minimum atomic E-state index is -0.304. The molecule has 9 heteroatoms. The number of nitrogens with one attached hydrogen (secondary N) is 1. The third-order valence-electron chi connectivity index (χ3n) is 4.15. The average Bonchev–Trinajstić information content (AvgIpc) is 3.03. The van der Waals surface area contributed by atoms with E-state index >= 15 is 0 Å². The van der Waals surface area contributed by atoms with Crippen LogP contribution in [0.4, 0.5) is 0 Å². The van der Waals surface area contributed by atoms with Crippen LogP contribution >= 0.6 is 23.1 Å². The van der Waals surface area contributed by atoms with Crippen molar-refractivity contribution in [3.63, 3.8) is 0 Å². The zero-order valence-corrected chi connectivity index (χ0v) is 16.2. The van der Waals surface area contributed by atoms with E-state index in [-0.39, 0.29) is 11.5 Å². The van der Waals surface area contributed by atoms with Crippen molar-refractivity contribution in [1.82, 2.24) is 14.9 Å². The Morgan fingerprint density at radius 3 is 2.70 bits per heavy atom. The number of thioether (sulfide) groups is 1.